The van der Waals surface area contributed by atoms with Crippen molar-refractivity contribution in [3.05, 3.63) is 64.5 Å². The Morgan fingerprint density at radius 2 is 1.66 bits per heavy atom. The quantitative estimate of drug-likeness (QED) is 0.427. The Hall–Kier alpha value is -2.56. The van der Waals surface area contributed by atoms with Crippen LogP contribution < -0.4 is 15.4 Å². The number of hydrogen-bond acceptors (Lipinski definition) is 7. The van der Waals surface area contributed by atoms with Gasteiger partial charge in [-0.15, -0.1) is 0 Å². The fourth-order valence-electron chi connectivity index (χ4n) is 2.53. The van der Waals surface area contributed by atoms with Crippen LogP contribution in [0.25, 0.3) is 0 Å². The van der Waals surface area contributed by atoms with Crippen LogP contribution in [0.2, 0.25) is 0 Å². The highest BCUT2D eigenvalue weighted by Gasteiger charge is 2.12. The Morgan fingerprint density at radius 3 is 2.38 bits per heavy atom. The predicted molar refractivity (Wildman–Crippen MR) is 117 cm³/mol. The van der Waals surface area contributed by atoms with Crippen LogP contribution in [-0.2, 0) is 10.0 Å². The van der Waals surface area contributed by atoms with Gasteiger partial charge in [-0.25, -0.2) is 28.1 Å². The molecule has 0 unspecified atom stereocenters. The second-order valence-electron chi connectivity index (χ2n) is 6.31. The average Bonchev–Trinajstić information content (AvgIpc) is 2.65. The van der Waals surface area contributed by atoms with Gasteiger partial charge in [0, 0.05) is 29.8 Å². The van der Waals surface area contributed by atoms with Crippen molar-refractivity contribution in [1.29, 1.82) is 0 Å². The Labute approximate surface area is 178 Å². The van der Waals surface area contributed by atoms with Crippen LogP contribution in [0.4, 0.5) is 17.5 Å². The van der Waals surface area contributed by atoms with E-state index in [1.54, 1.807) is 43.5 Å². The van der Waals surface area contributed by atoms with Gasteiger partial charge in [0.1, 0.15) is 23.3 Å². The van der Waals surface area contributed by atoms with Crippen molar-refractivity contribution in [3.63, 3.8) is 0 Å². The molecule has 0 aliphatic heterocycles. The molecule has 0 saturated heterocycles. The van der Waals surface area contributed by atoms with Gasteiger partial charge in [0.05, 0.1) is 4.90 Å². The van der Waals surface area contributed by atoms with Gasteiger partial charge in [-0.2, -0.15) is 0 Å². The van der Waals surface area contributed by atoms with E-state index in [2.05, 4.69) is 46.2 Å². The van der Waals surface area contributed by atoms with Crippen LogP contribution in [0.5, 0.6) is 0 Å². The Morgan fingerprint density at radius 1 is 0.931 bits per heavy atom. The first-order chi connectivity index (χ1) is 13.8. The summed E-state index contributed by atoms with van der Waals surface area (Å²) < 4.78 is 28.0. The minimum Gasteiger partial charge on any atom is -0.369 e. The molecule has 3 N–H and O–H groups in total. The summed E-state index contributed by atoms with van der Waals surface area (Å²) in [5, 5.41) is 6.26. The Balaban J connectivity index is 1.58. The smallest absolute Gasteiger partial charge is 0.240 e. The standard InChI is InChI=1S/C19H21BrN6O2S/c1-13-7-8-21-17(11-13)26-19-12-18(24-14(2)25-19)22-9-10-23-29(27,28)16-5-3-15(20)4-6-16/h3-8,11-12,23H,9-10H2,1-2H3,(H2,21,22,24,25,26). The van der Waals surface area contributed by atoms with E-state index in [1.807, 2.05) is 19.1 Å². The zero-order chi connectivity index (χ0) is 20.9. The first-order valence-electron chi connectivity index (χ1n) is 8.86. The number of halogens is 1. The number of nitrogens with one attached hydrogen (secondary N) is 3. The van der Waals surface area contributed by atoms with Gasteiger partial charge in [-0.05, 0) is 55.8 Å². The van der Waals surface area contributed by atoms with Crippen molar-refractivity contribution in [1.82, 2.24) is 19.7 Å². The number of sulfonamides is 1. The monoisotopic (exact) mass is 476 g/mol. The second-order valence-corrected chi connectivity index (χ2v) is 8.99. The number of pyridine rings is 1. The zero-order valence-electron chi connectivity index (χ0n) is 16.0. The number of anilines is 3. The lowest BCUT2D eigenvalue weighted by atomic mass is 10.3. The largest absolute Gasteiger partial charge is 0.369 e. The molecule has 8 nitrogen and oxygen atoms in total. The van der Waals surface area contributed by atoms with Crippen molar-refractivity contribution < 1.29 is 8.42 Å². The topological polar surface area (TPSA) is 109 Å². The molecule has 3 rings (SSSR count). The maximum absolute atomic E-state index is 12.3. The van der Waals surface area contributed by atoms with Crippen LogP contribution in [-0.4, -0.2) is 36.5 Å². The lowest BCUT2D eigenvalue weighted by Crippen LogP contribution is -2.29. The van der Waals surface area contributed by atoms with Gasteiger partial charge in [0.2, 0.25) is 10.0 Å². The Kier molecular flexibility index (Phi) is 6.78. The molecule has 0 fully saturated rings. The minimum atomic E-state index is -3.56. The van der Waals surface area contributed by atoms with E-state index in [9.17, 15) is 8.42 Å². The molecular weight excluding hydrogens is 456 g/mol. The molecule has 0 spiro atoms. The van der Waals surface area contributed by atoms with Crippen LogP contribution in [0.15, 0.2) is 58.0 Å². The highest BCUT2D eigenvalue weighted by molar-refractivity contribution is 9.10. The van der Waals surface area contributed by atoms with Gasteiger partial charge >= 0.3 is 0 Å². The maximum atomic E-state index is 12.3. The van der Waals surface area contributed by atoms with Gasteiger partial charge in [-0.1, -0.05) is 15.9 Å². The molecule has 10 heteroatoms. The van der Waals surface area contributed by atoms with Crippen molar-refractivity contribution in [2.24, 2.45) is 0 Å². The molecule has 0 saturated carbocycles. The number of nitrogens with zero attached hydrogens (tertiary/aromatic N) is 3. The van der Waals surface area contributed by atoms with Crippen molar-refractivity contribution >= 4 is 43.4 Å². The lowest BCUT2D eigenvalue weighted by Gasteiger charge is -2.11. The Bertz CT molecular complexity index is 1090. The van der Waals surface area contributed by atoms with Crippen LogP contribution in [0.3, 0.4) is 0 Å². The number of aromatic nitrogens is 3. The molecular formula is C19H21BrN6O2S. The molecule has 0 amide bonds. The van der Waals surface area contributed by atoms with Crippen LogP contribution >= 0.6 is 15.9 Å². The SMILES string of the molecule is Cc1ccnc(Nc2cc(NCCNS(=O)(=O)c3ccc(Br)cc3)nc(C)n2)c1. The third kappa shape index (κ3) is 6.21. The molecule has 3 aromatic rings. The summed E-state index contributed by atoms with van der Waals surface area (Å²) >= 11 is 3.29. The maximum Gasteiger partial charge on any atom is 0.240 e. The van der Waals surface area contributed by atoms with Crippen molar-refractivity contribution in [2.45, 2.75) is 18.7 Å². The van der Waals surface area contributed by atoms with E-state index in [1.165, 1.54) is 0 Å². The minimum absolute atomic E-state index is 0.212. The molecule has 29 heavy (non-hydrogen) atoms. The summed E-state index contributed by atoms with van der Waals surface area (Å²) in [7, 11) is -3.56. The first kappa shape index (κ1) is 21.2. The molecule has 0 atom stereocenters. The molecule has 2 aromatic heterocycles. The van der Waals surface area contributed by atoms with E-state index >= 15 is 0 Å². The predicted octanol–water partition coefficient (Wildman–Crippen LogP) is 3.38. The molecule has 0 bridgehead atoms. The van der Waals surface area contributed by atoms with E-state index in [0.29, 0.717) is 29.8 Å². The molecule has 0 aliphatic carbocycles. The fourth-order valence-corrected chi connectivity index (χ4v) is 3.83. The van der Waals surface area contributed by atoms with Gasteiger partial charge in [0.25, 0.3) is 0 Å². The number of aryl methyl sites for hydroxylation is 2. The van der Waals surface area contributed by atoms with Crippen molar-refractivity contribution in [2.75, 3.05) is 23.7 Å². The van der Waals surface area contributed by atoms with Crippen molar-refractivity contribution in [3.8, 4) is 0 Å². The number of rotatable bonds is 8. The highest BCUT2D eigenvalue weighted by Crippen LogP contribution is 2.17. The summed E-state index contributed by atoms with van der Waals surface area (Å²) in [5.41, 5.74) is 1.09. The zero-order valence-corrected chi connectivity index (χ0v) is 18.4. The highest BCUT2D eigenvalue weighted by atomic mass is 79.9. The summed E-state index contributed by atoms with van der Waals surface area (Å²) in [5.74, 6) is 2.47. The van der Waals surface area contributed by atoms with Crippen LogP contribution in [0, 0.1) is 13.8 Å². The van der Waals surface area contributed by atoms with E-state index in [-0.39, 0.29) is 11.4 Å². The summed E-state index contributed by atoms with van der Waals surface area (Å²) in [6, 6.07) is 12.1. The summed E-state index contributed by atoms with van der Waals surface area (Å²) in [4.78, 5) is 13.2. The van der Waals surface area contributed by atoms with Gasteiger partial charge in [-0.3, -0.25) is 0 Å². The normalized spacial score (nSPS) is 11.3. The fraction of sp³-hybridized carbons (Fsp3) is 0.211. The molecule has 2 heterocycles. The van der Waals surface area contributed by atoms with Crippen LogP contribution in [0.1, 0.15) is 11.4 Å². The summed E-state index contributed by atoms with van der Waals surface area (Å²) in [6.07, 6.45) is 1.72. The molecule has 0 aliphatic rings. The third-order valence-electron chi connectivity index (χ3n) is 3.86. The van der Waals surface area contributed by atoms with E-state index < -0.39 is 10.0 Å². The van der Waals surface area contributed by atoms with E-state index in [4.69, 9.17) is 0 Å². The molecule has 1 aromatic carbocycles. The lowest BCUT2D eigenvalue weighted by molar-refractivity contribution is 0.583. The van der Waals surface area contributed by atoms with E-state index in [0.717, 1.165) is 10.0 Å². The average molecular weight is 477 g/mol. The number of hydrogen-bond donors (Lipinski definition) is 3. The van der Waals surface area contributed by atoms with Gasteiger partial charge in [0.15, 0.2) is 0 Å². The molecule has 0 radical (unpaired) electrons. The third-order valence-corrected chi connectivity index (χ3v) is 5.86. The molecule has 152 valence electrons. The van der Waals surface area contributed by atoms with Gasteiger partial charge < -0.3 is 10.6 Å². The number of benzene rings is 1. The summed E-state index contributed by atoms with van der Waals surface area (Å²) in [6.45, 7) is 4.36. The second kappa shape index (κ2) is 9.29. The first-order valence-corrected chi connectivity index (χ1v) is 11.1.